The van der Waals surface area contributed by atoms with Crippen LogP contribution < -0.4 is 5.32 Å². The normalized spacial score (nSPS) is 29.0. The van der Waals surface area contributed by atoms with E-state index in [4.69, 9.17) is 4.74 Å². The maximum atomic E-state index is 12.4. The van der Waals surface area contributed by atoms with E-state index in [-0.39, 0.29) is 30.1 Å². The summed E-state index contributed by atoms with van der Waals surface area (Å²) in [5.74, 6) is -0.136. The maximum Gasteiger partial charge on any atom is 0.410 e. The minimum atomic E-state index is -0.519. The molecule has 23 heavy (non-hydrogen) atoms. The number of ether oxygens (including phenoxy) is 1. The van der Waals surface area contributed by atoms with E-state index in [2.05, 4.69) is 5.32 Å². The highest BCUT2D eigenvalue weighted by Crippen LogP contribution is 2.22. The average molecular weight is 326 g/mol. The third-order valence-electron chi connectivity index (χ3n) is 4.49. The van der Waals surface area contributed by atoms with Gasteiger partial charge in [0, 0.05) is 19.1 Å². The highest BCUT2D eigenvalue weighted by atomic mass is 16.6. The van der Waals surface area contributed by atoms with Crippen molar-refractivity contribution in [1.29, 1.82) is 0 Å². The molecule has 2 N–H and O–H groups in total. The van der Waals surface area contributed by atoms with E-state index in [1.807, 2.05) is 20.8 Å². The molecule has 0 spiro atoms. The van der Waals surface area contributed by atoms with Crippen molar-refractivity contribution in [3.63, 3.8) is 0 Å². The van der Waals surface area contributed by atoms with Crippen molar-refractivity contribution in [2.45, 2.75) is 77.0 Å². The minimum absolute atomic E-state index is 0.0275. The number of carbonyl (C=O) groups is 2. The Balaban J connectivity index is 1.83. The zero-order valence-electron chi connectivity index (χ0n) is 14.5. The third-order valence-corrected chi connectivity index (χ3v) is 4.49. The Hall–Kier alpha value is -1.30. The van der Waals surface area contributed by atoms with Crippen molar-refractivity contribution < 1.29 is 19.4 Å². The molecule has 6 heteroatoms. The summed E-state index contributed by atoms with van der Waals surface area (Å²) in [5.41, 5.74) is -0.519. The molecular formula is C17H30N2O4. The zero-order chi connectivity index (χ0) is 17.0. The summed E-state index contributed by atoms with van der Waals surface area (Å²) < 4.78 is 5.39. The second kappa shape index (κ2) is 7.51. The van der Waals surface area contributed by atoms with Gasteiger partial charge in [-0.15, -0.1) is 0 Å². The van der Waals surface area contributed by atoms with Gasteiger partial charge in [-0.2, -0.15) is 0 Å². The van der Waals surface area contributed by atoms with Gasteiger partial charge < -0.3 is 20.1 Å². The number of hydrogen-bond acceptors (Lipinski definition) is 4. The summed E-state index contributed by atoms with van der Waals surface area (Å²) in [7, 11) is 0. The Morgan fingerprint density at radius 3 is 2.39 bits per heavy atom. The van der Waals surface area contributed by atoms with Gasteiger partial charge in [-0.25, -0.2) is 4.79 Å². The molecular weight excluding hydrogens is 296 g/mol. The van der Waals surface area contributed by atoms with E-state index in [0.29, 0.717) is 13.1 Å². The summed E-state index contributed by atoms with van der Waals surface area (Å²) in [4.78, 5) is 26.2. The fourth-order valence-electron chi connectivity index (χ4n) is 3.22. The molecule has 0 aromatic carbocycles. The highest BCUT2D eigenvalue weighted by molar-refractivity contribution is 5.80. The summed E-state index contributed by atoms with van der Waals surface area (Å²) in [5, 5.41) is 12.6. The standard InChI is InChI=1S/C17H30N2O4/c1-17(2,3)23-16(22)19-10-4-5-12(11-19)15(21)18-13-6-8-14(20)9-7-13/h12-14,20H,4-11H2,1-3H3,(H,18,21). The van der Waals surface area contributed by atoms with Gasteiger partial charge in [-0.05, 0) is 59.3 Å². The Morgan fingerprint density at radius 1 is 1.13 bits per heavy atom. The first-order chi connectivity index (χ1) is 10.7. The minimum Gasteiger partial charge on any atom is -0.444 e. The summed E-state index contributed by atoms with van der Waals surface area (Å²) >= 11 is 0. The van der Waals surface area contributed by atoms with Crippen LogP contribution in [0.25, 0.3) is 0 Å². The molecule has 1 aliphatic heterocycles. The van der Waals surface area contributed by atoms with Crippen molar-refractivity contribution in [3.05, 3.63) is 0 Å². The molecule has 2 fully saturated rings. The number of nitrogens with one attached hydrogen (secondary N) is 1. The topological polar surface area (TPSA) is 78.9 Å². The first kappa shape index (κ1) is 18.0. The SMILES string of the molecule is CC(C)(C)OC(=O)N1CCCC(C(=O)NC2CCC(O)CC2)C1. The molecule has 1 heterocycles. The molecule has 1 unspecified atom stereocenters. The molecule has 2 amide bonds. The lowest BCUT2D eigenvalue weighted by Crippen LogP contribution is -2.49. The van der Waals surface area contributed by atoms with Gasteiger partial charge in [-0.1, -0.05) is 0 Å². The molecule has 1 saturated heterocycles. The van der Waals surface area contributed by atoms with Crippen LogP contribution in [0, 0.1) is 5.92 Å². The van der Waals surface area contributed by atoms with E-state index < -0.39 is 5.60 Å². The number of rotatable bonds is 2. The number of hydrogen-bond donors (Lipinski definition) is 2. The first-order valence-electron chi connectivity index (χ1n) is 8.71. The number of amides is 2. The number of nitrogens with zero attached hydrogens (tertiary/aromatic N) is 1. The van der Waals surface area contributed by atoms with Crippen molar-refractivity contribution in [1.82, 2.24) is 10.2 Å². The lowest BCUT2D eigenvalue weighted by Gasteiger charge is -2.34. The number of carbonyl (C=O) groups excluding carboxylic acids is 2. The molecule has 2 aliphatic rings. The van der Waals surface area contributed by atoms with E-state index in [9.17, 15) is 14.7 Å². The van der Waals surface area contributed by atoms with Gasteiger partial charge in [0.15, 0.2) is 0 Å². The summed E-state index contributed by atoms with van der Waals surface area (Å²) in [6.07, 6.45) is 4.22. The molecule has 1 atom stereocenters. The Bertz CT molecular complexity index is 425. The van der Waals surface area contributed by atoms with Gasteiger partial charge >= 0.3 is 6.09 Å². The molecule has 1 saturated carbocycles. The van der Waals surface area contributed by atoms with Crippen molar-refractivity contribution in [3.8, 4) is 0 Å². The number of likely N-dealkylation sites (tertiary alicyclic amines) is 1. The van der Waals surface area contributed by atoms with Crippen LogP contribution in [-0.4, -0.2) is 52.8 Å². The van der Waals surface area contributed by atoms with Crippen LogP contribution >= 0.6 is 0 Å². The van der Waals surface area contributed by atoms with Crippen LogP contribution in [0.2, 0.25) is 0 Å². The second-order valence-corrected chi connectivity index (χ2v) is 7.78. The van der Waals surface area contributed by atoms with E-state index in [1.165, 1.54) is 0 Å². The van der Waals surface area contributed by atoms with Crippen molar-refractivity contribution >= 4 is 12.0 Å². The zero-order valence-corrected chi connectivity index (χ0v) is 14.5. The lowest BCUT2D eigenvalue weighted by molar-refractivity contribution is -0.127. The fraction of sp³-hybridized carbons (Fsp3) is 0.882. The molecule has 132 valence electrons. The van der Waals surface area contributed by atoms with E-state index in [1.54, 1.807) is 4.90 Å². The van der Waals surface area contributed by atoms with Crippen LogP contribution in [0.1, 0.15) is 59.3 Å². The van der Waals surface area contributed by atoms with E-state index in [0.717, 1.165) is 38.5 Å². The number of aliphatic hydroxyl groups is 1. The fourth-order valence-corrected chi connectivity index (χ4v) is 3.22. The number of aliphatic hydroxyl groups excluding tert-OH is 1. The van der Waals surface area contributed by atoms with Gasteiger partial charge in [0.1, 0.15) is 5.60 Å². The molecule has 2 rings (SSSR count). The second-order valence-electron chi connectivity index (χ2n) is 7.78. The van der Waals surface area contributed by atoms with Crippen molar-refractivity contribution in [2.24, 2.45) is 5.92 Å². The molecule has 1 aliphatic carbocycles. The maximum absolute atomic E-state index is 12.4. The smallest absolute Gasteiger partial charge is 0.410 e. The predicted molar refractivity (Wildman–Crippen MR) is 86.9 cm³/mol. The highest BCUT2D eigenvalue weighted by Gasteiger charge is 2.32. The van der Waals surface area contributed by atoms with Gasteiger partial charge in [0.2, 0.25) is 5.91 Å². The Kier molecular flexibility index (Phi) is 5.89. The van der Waals surface area contributed by atoms with Crippen LogP contribution in [0.3, 0.4) is 0 Å². The molecule has 0 bridgehead atoms. The monoisotopic (exact) mass is 326 g/mol. The van der Waals surface area contributed by atoms with Crippen LogP contribution in [0.4, 0.5) is 4.79 Å². The Morgan fingerprint density at radius 2 is 1.78 bits per heavy atom. The summed E-state index contributed by atoms with van der Waals surface area (Å²) in [6, 6.07) is 0.155. The molecule has 6 nitrogen and oxygen atoms in total. The third kappa shape index (κ3) is 5.68. The summed E-state index contributed by atoms with van der Waals surface area (Å²) in [6.45, 7) is 6.61. The first-order valence-corrected chi connectivity index (χ1v) is 8.71. The largest absolute Gasteiger partial charge is 0.444 e. The molecule has 0 aromatic rings. The molecule has 0 radical (unpaired) electrons. The predicted octanol–water partition coefficient (Wildman–Crippen LogP) is 2.05. The van der Waals surface area contributed by atoms with Gasteiger partial charge in [0.05, 0.1) is 12.0 Å². The van der Waals surface area contributed by atoms with Crippen LogP contribution in [0.15, 0.2) is 0 Å². The van der Waals surface area contributed by atoms with Gasteiger partial charge in [-0.3, -0.25) is 4.79 Å². The average Bonchev–Trinajstić information content (AvgIpc) is 2.48. The number of piperidine rings is 1. The molecule has 0 aromatic heterocycles. The van der Waals surface area contributed by atoms with Crippen LogP contribution in [0.5, 0.6) is 0 Å². The Labute approximate surface area is 138 Å². The van der Waals surface area contributed by atoms with Gasteiger partial charge in [0.25, 0.3) is 0 Å². The van der Waals surface area contributed by atoms with Crippen molar-refractivity contribution in [2.75, 3.05) is 13.1 Å². The van der Waals surface area contributed by atoms with E-state index >= 15 is 0 Å². The quantitative estimate of drug-likeness (QED) is 0.814. The van der Waals surface area contributed by atoms with Crippen LogP contribution in [-0.2, 0) is 9.53 Å². The lowest BCUT2D eigenvalue weighted by atomic mass is 9.91.